The Bertz CT molecular complexity index is 405. The second-order valence-electron chi connectivity index (χ2n) is 4.52. The Morgan fingerprint density at radius 2 is 2.17 bits per heavy atom. The van der Waals surface area contributed by atoms with Gasteiger partial charge in [-0.15, -0.1) is 0 Å². The molecule has 98 valence electrons. The van der Waals surface area contributed by atoms with Crippen molar-refractivity contribution in [3.8, 4) is 0 Å². The molecule has 1 fully saturated rings. The van der Waals surface area contributed by atoms with Crippen molar-refractivity contribution in [3.05, 3.63) is 29.8 Å². The summed E-state index contributed by atoms with van der Waals surface area (Å²) in [6, 6.07) is 8.05. The summed E-state index contributed by atoms with van der Waals surface area (Å²) < 4.78 is 4.95. The van der Waals surface area contributed by atoms with Gasteiger partial charge in [0, 0.05) is 22.7 Å². The normalized spacial score (nSPS) is 22.8. The number of esters is 1. The van der Waals surface area contributed by atoms with Crippen LogP contribution in [0.15, 0.2) is 24.3 Å². The van der Waals surface area contributed by atoms with E-state index in [1.165, 1.54) is 6.42 Å². The number of hydrogen-bond donors (Lipinski definition) is 1. The highest BCUT2D eigenvalue weighted by molar-refractivity contribution is 8.00. The minimum Gasteiger partial charge on any atom is -0.462 e. The average molecular weight is 265 g/mol. The zero-order valence-electron chi connectivity index (χ0n) is 10.8. The molecule has 1 aromatic rings. The standard InChI is InChI=1S/C14H19NO2S/c1-3-17-14(16)11-4-6-12(7-5-11)15-13-8-10(2)18-9-13/h4-7,10,13,15H,3,8-9H2,1-2H3. The fraction of sp³-hybridized carbons (Fsp3) is 0.500. The summed E-state index contributed by atoms with van der Waals surface area (Å²) in [4.78, 5) is 11.5. The van der Waals surface area contributed by atoms with E-state index >= 15 is 0 Å². The lowest BCUT2D eigenvalue weighted by atomic mass is 10.1. The molecule has 0 spiro atoms. The van der Waals surface area contributed by atoms with Crippen LogP contribution in [0.4, 0.5) is 5.69 Å². The predicted octanol–water partition coefficient (Wildman–Crippen LogP) is 3.17. The highest BCUT2D eigenvalue weighted by atomic mass is 32.2. The highest BCUT2D eigenvalue weighted by Crippen LogP contribution is 2.28. The van der Waals surface area contributed by atoms with Gasteiger partial charge in [0.15, 0.2) is 0 Å². The van der Waals surface area contributed by atoms with Gasteiger partial charge in [0.25, 0.3) is 0 Å². The Kier molecular flexibility index (Phi) is 4.53. The third-order valence-electron chi connectivity index (χ3n) is 2.97. The summed E-state index contributed by atoms with van der Waals surface area (Å²) in [5, 5.41) is 4.23. The van der Waals surface area contributed by atoms with E-state index in [4.69, 9.17) is 4.74 Å². The molecule has 0 radical (unpaired) electrons. The van der Waals surface area contributed by atoms with E-state index < -0.39 is 0 Å². The first-order chi connectivity index (χ1) is 8.69. The fourth-order valence-electron chi connectivity index (χ4n) is 2.07. The molecule has 1 saturated heterocycles. The van der Waals surface area contributed by atoms with Gasteiger partial charge in [-0.25, -0.2) is 4.79 Å². The predicted molar refractivity (Wildman–Crippen MR) is 76.3 cm³/mol. The first-order valence-corrected chi connectivity index (χ1v) is 7.39. The van der Waals surface area contributed by atoms with Gasteiger partial charge < -0.3 is 10.1 Å². The lowest BCUT2D eigenvalue weighted by Gasteiger charge is -2.13. The number of thioether (sulfide) groups is 1. The van der Waals surface area contributed by atoms with E-state index in [0.717, 1.165) is 16.7 Å². The van der Waals surface area contributed by atoms with Crippen molar-refractivity contribution in [2.75, 3.05) is 17.7 Å². The van der Waals surface area contributed by atoms with Gasteiger partial charge in [0.2, 0.25) is 0 Å². The van der Waals surface area contributed by atoms with Crippen LogP contribution in [0.2, 0.25) is 0 Å². The summed E-state index contributed by atoms with van der Waals surface area (Å²) in [5.41, 5.74) is 1.68. The van der Waals surface area contributed by atoms with Gasteiger partial charge in [-0.3, -0.25) is 0 Å². The second-order valence-corrected chi connectivity index (χ2v) is 5.99. The zero-order valence-corrected chi connectivity index (χ0v) is 11.6. The van der Waals surface area contributed by atoms with E-state index in [0.29, 0.717) is 18.2 Å². The molecule has 4 heteroatoms. The molecule has 18 heavy (non-hydrogen) atoms. The summed E-state index contributed by atoms with van der Waals surface area (Å²) in [7, 11) is 0. The van der Waals surface area contributed by atoms with Crippen molar-refractivity contribution in [1.82, 2.24) is 0 Å². The van der Waals surface area contributed by atoms with Crippen LogP contribution in [0.1, 0.15) is 30.6 Å². The third-order valence-corrected chi connectivity index (χ3v) is 4.32. The van der Waals surface area contributed by atoms with Crippen LogP contribution in [0.25, 0.3) is 0 Å². The molecule has 1 aromatic carbocycles. The molecule has 2 atom stereocenters. The van der Waals surface area contributed by atoms with E-state index in [1.54, 1.807) is 0 Å². The molecule has 1 N–H and O–H groups in total. The maximum atomic E-state index is 11.5. The van der Waals surface area contributed by atoms with Gasteiger partial charge in [-0.2, -0.15) is 11.8 Å². The monoisotopic (exact) mass is 265 g/mol. The van der Waals surface area contributed by atoms with Crippen LogP contribution in [-0.4, -0.2) is 29.6 Å². The van der Waals surface area contributed by atoms with Crippen molar-refractivity contribution in [2.24, 2.45) is 0 Å². The summed E-state index contributed by atoms with van der Waals surface area (Å²) in [6.45, 7) is 4.49. The molecule has 0 amide bonds. The van der Waals surface area contributed by atoms with Crippen molar-refractivity contribution in [2.45, 2.75) is 31.6 Å². The first kappa shape index (κ1) is 13.3. The largest absolute Gasteiger partial charge is 0.462 e. The number of anilines is 1. The topological polar surface area (TPSA) is 38.3 Å². The smallest absolute Gasteiger partial charge is 0.338 e. The molecule has 1 heterocycles. The molecule has 1 aliphatic heterocycles. The van der Waals surface area contributed by atoms with Gasteiger partial charge in [0.05, 0.1) is 12.2 Å². The molecule has 3 nitrogen and oxygen atoms in total. The summed E-state index contributed by atoms with van der Waals surface area (Å²) >= 11 is 2.00. The molecule has 2 unspecified atom stereocenters. The Morgan fingerprint density at radius 1 is 1.44 bits per heavy atom. The second kappa shape index (κ2) is 6.14. The fourth-order valence-corrected chi connectivity index (χ4v) is 3.22. The number of rotatable bonds is 4. The van der Waals surface area contributed by atoms with Crippen molar-refractivity contribution in [3.63, 3.8) is 0 Å². The van der Waals surface area contributed by atoms with E-state index in [2.05, 4.69) is 12.2 Å². The number of carbonyl (C=O) groups excluding carboxylic acids is 1. The minimum absolute atomic E-state index is 0.255. The van der Waals surface area contributed by atoms with E-state index in [-0.39, 0.29) is 5.97 Å². The Morgan fingerprint density at radius 3 is 2.72 bits per heavy atom. The maximum absolute atomic E-state index is 11.5. The van der Waals surface area contributed by atoms with E-state index in [9.17, 15) is 4.79 Å². The van der Waals surface area contributed by atoms with Crippen LogP contribution < -0.4 is 5.32 Å². The van der Waals surface area contributed by atoms with Crippen LogP contribution >= 0.6 is 11.8 Å². The maximum Gasteiger partial charge on any atom is 0.338 e. The molecule has 1 aliphatic rings. The zero-order chi connectivity index (χ0) is 13.0. The Labute approximate surface area is 112 Å². The SMILES string of the molecule is CCOC(=O)c1ccc(NC2CSC(C)C2)cc1. The Hall–Kier alpha value is -1.16. The molecular formula is C14H19NO2S. The lowest BCUT2D eigenvalue weighted by Crippen LogP contribution is -2.18. The summed E-state index contributed by atoms with van der Waals surface area (Å²) in [6.07, 6.45) is 1.20. The molecule has 0 aliphatic carbocycles. The van der Waals surface area contributed by atoms with Gasteiger partial charge in [-0.1, -0.05) is 6.92 Å². The number of nitrogens with one attached hydrogen (secondary N) is 1. The highest BCUT2D eigenvalue weighted by Gasteiger charge is 2.21. The van der Waals surface area contributed by atoms with Gasteiger partial charge in [-0.05, 0) is 37.6 Å². The van der Waals surface area contributed by atoms with Crippen LogP contribution in [-0.2, 0) is 4.74 Å². The minimum atomic E-state index is -0.255. The molecule has 2 rings (SSSR count). The van der Waals surface area contributed by atoms with Crippen molar-refractivity contribution in [1.29, 1.82) is 0 Å². The van der Waals surface area contributed by atoms with Crippen LogP contribution in [0.3, 0.4) is 0 Å². The number of carbonyl (C=O) groups is 1. The molecule has 0 bridgehead atoms. The van der Waals surface area contributed by atoms with Crippen molar-refractivity contribution >= 4 is 23.4 Å². The number of ether oxygens (including phenoxy) is 1. The number of hydrogen-bond acceptors (Lipinski definition) is 4. The third kappa shape index (κ3) is 3.42. The van der Waals surface area contributed by atoms with Crippen LogP contribution in [0.5, 0.6) is 0 Å². The van der Waals surface area contributed by atoms with Gasteiger partial charge >= 0.3 is 5.97 Å². The van der Waals surface area contributed by atoms with Crippen LogP contribution in [0, 0.1) is 0 Å². The lowest BCUT2D eigenvalue weighted by molar-refractivity contribution is 0.0526. The Balaban J connectivity index is 1.93. The van der Waals surface area contributed by atoms with Crippen molar-refractivity contribution < 1.29 is 9.53 Å². The molecular weight excluding hydrogens is 246 g/mol. The quantitative estimate of drug-likeness (QED) is 0.849. The van der Waals surface area contributed by atoms with Gasteiger partial charge in [0.1, 0.15) is 0 Å². The molecule has 0 saturated carbocycles. The summed E-state index contributed by atoms with van der Waals surface area (Å²) in [5.74, 6) is 0.898. The van der Waals surface area contributed by atoms with E-state index in [1.807, 2.05) is 43.0 Å². The molecule has 0 aromatic heterocycles. The average Bonchev–Trinajstić information content (AvgIpc) is 2.76. The first-order valence-electron chi connectivity index (χ1n) is 6.34. The number of benzene rings is 1.